The molecule has 1 aromatic carbocycles. The van der Waals surface area contributed by atoms with Crippen LogP contribution in [0.3, 0.4) is 0 Å². The lowest BCUT2D eigenvalue weighted by Crippen LogP contribution is -2.37. The average molecular weight is 270 g/mol. The van der Waals surface area contributed by atoms with Gasteiger partial charge in [-0.05, 0) is 44.0 Å². The number of halogens is 2. The van der Waals surface area contributed by atoms with E-state index >= 15 is 0 Å². The van der Waals surface area contributed by atoms with Crippen molar-refractivity contribution in [2.24, 2.45) is 5.73 Å². The van der Waals surface area contributed by atoms with Crippen molar-refractivity contribution in [2.75, 3.05) is 25.1 Å². The first-order valence-corrected chi connectivity index (χ1v) is 6.57. The van der Waals surface area contributed by atoms with Crippen LogP contribution in [0.1, 0.15) is 18.9 Å². The van der Waals surface area contributed by atoms with E-state index in [1.54, 1.807) is 11.9 Å². The van der Waals surface area contributed by atoms with Crippen molar-refractivity contribution in [1.29, 1.82) is 0 Å². The largest absolute Gasteiger partial charge is 0.376 e. The third-order valence-corrected chi connectivity index (χ3v) is 3.70. The molecule has 2 unspecified atom stereocenters. The maximum atomic E-state index is 14.1. The van der Waals surface area contributed by atoms with Gasteiger partial charge in [-0.2, -0.15) is 0 Å². The molecule has 1 fully saturated rings. The van der Waals surface area contributed by atoms with E-state index in [-0.39, 0.29) is 17.8 Å². The molecule has 2 N–H and O–H groups in total. The average Bonchev–Trinajstić information content (AvgIpc) is 2.74. The van der Waals surface area contributed by atoms with Crippen molar-refractivity contribution in [3.05, 3.63) is 29.3 Å². The van der Waals surface area contributed by atoms with E-state index in [2.05, 4.69) is 0 Å². The predicted molar refractivity (Wildman–Crippen MR) is 71.3 cm³/mol. The van der Waals surface area contributed by atoms with Crippen molar-refractivity contribution in [3.8, 4) is 0 Å². The molecule has 1 saturated heterocycles. The molecule has 106 valence electrons. The molecule has 2 atom stereocenters. The molecule has 0 aromatic heterocycles. The Balaban J connectivity index is 2.28. The van der Waals surface area contributed by atoms with Crippen LogP contribution in [0.2, 0.25) is 0 Å². The molecule has 0 amide bonds. The van der Waals surface area contributed by atoms with E-state index in [0.717, 1.165) is 6.42 Å². The van der Waals surface area contributed by atoms with Gasteiger partial charge >= 0.3 is 0 Å². The Morgan fingerprint density at radius 2 is 2.00 bits per heavy atom. The van der Waals surface area contributed by atoms with Crippen molar-refractivity contribution in [1.82, 2.24) is 0 Å². The number of likely N-dealkylation sites (N-methyl/N-ethyl adjacent to an activating group) is 1. The minimum atomic E-state index is -0.537. The molecule has 1 aliphatic rings. The van der Waals surface area contributed by atoms with Crippen LogP contribution in [0.25, 0.3) is 0 Å². The SMILES string of the molecule is CC1OCCC1N(C)c1c(F)cc(CCN)cc1F. The zero-order valence-corrected chi connectivity index (χ0v) is 11.3. The van der Waals surface area contributed by atoms with Gasteiger partial charge in [-0.1, -0.05) is 0 Å². The second kappa shape index (κ2) is 5.84. The fourth-order valence-electron chi connectivity index (χ4n) is 2.66. The molecule has 3 nitrogen and oxygen atoms in total. The zero-order valence-electron chi connectivity index (χ0n) is 11.3. The van der Waals surface area contributed by atoms with Gasteiger partial charge in [0, 0.05) is 13.7 Å². The molecule has 0 aliphatic carbocycles. The zero-order chi connectivity index (χ0) is 14.0. The van der Waals surface area contributed by atoms with Crippen LogP contribution in [-0.4, -0.2) is 32.3 Å². The number of ether oxygens (including phenoxy) is 1. The second-order valence-corrected chi connectivity index (χ2v) is 4.99. The van der Waals surface area contributed by atoms with Gasteiger partial charge in [0.1, 0.15) is 17.3 Å². The van der Waals surface area contributed by atoms with Gasteiger partial charge in [0.05, 0.1) is 12.1 Å². The summed E-state index contributed by atoms with van der Waals surface area (Å²) >= 11 is 0. The Morgan fingerprint density at radius 3 is 2.47 bits per heavy atom. The van der Waals surface area contributed by atoms with Crippen LogP contribution < -0.4 is 10.6 Å². The highest BCUT2D eigenvalue weighted by Gasteiger charge is 2.30. The van der Waals surface area contributed by atoms with Crippen LogP contribution >= 0.6 is 0 Å². The topological polar surface area (TPSA) is 38.5 Å². The first-order valence-electron chi connectivity index (χ1n) is 6.57. The van der Waals surface area contributed by atoms with E-state index in [1.807, 2.05) is 6.92 Å². The molecule has 1 aromatic rings. The van der Waals surface area contributed by atoms with Crippen molar-refractivity contribution < 1.29 is 13.5 Å². The van der Waals surface area contributed by atoms with Gasteiger partial charge in [-0.15, -0.1) is 0 Å². The highest BCUT2D eigenvalue weighted by molar-refractivity contribution is 5.51. The number of rotatable bonds is 4. The lowest BCUT2D eigenvalue weighted by Gasteiger charge is -2.29. The first-order chi connectivity index (χ1) is 9.04. The number of hydrogen-bond acceptors (Lipinski definition) is 3. The van der Waals surface area contributed by atoms with E-state index in [1.165, 1.54) is 12.1 Å². The van der Waals surface area contributed by atoms with Crippen LogP contribution in [0.5, 0.6) is 0 Å². The van der Waals surface area contributed by atoms with E-state index < -0.39 is 11.6 Å². The highest BCUT2D eigenvalue weighted by Crippen LogP contribution is 2.29. The molecule has 1 aliphatic heterocycles. The van der Waals surface area contributed by atoms with Gasteiger partial charge in [0.15, 0.2) is 0 Å². The molecule has 5 heteroatoms. The number of hydrogen-bond donors (Lipinski definition) is 1. The summed E-state index contributed by atoms with van der Waals surface area (Å²) in [6.45, 7) is 2.93. The Kier molecular flexibility index (Phi) is 4.37. The molecular formula is C14H20F2N2O. The molecule has 0 bridgehead atoms. The molecule has 0 spiro atoms. The summed E-state index contributed by atoms with van der Waals surface area (Å²) in [7, 11) is 1.71. The quantitative estimate of drug-likeness (QED) is 0.910. The predicted octanol–water partition coefficient (Wildman–Crippen LogP) is 2.08. The number of anilines is 1. The fourth-order valence-corrected chi connectivity index (χ4v) is 2.66. The number of nitrogens with two attached hydrogens (primary N) is 1. The third-order valence-electron chi connectivity index (χ3n) is 3.70. The first kappa shape index (κ1) is 14.2. The minimum absolute atomic E-state index is 0.00404. The summed E-state index contributed by atoms with van der Waals surface area (Å²) in [5.41, 5.74) is 6.01. The van der Waals surface area contributed by atoms with Crippen LogP contribution in [-0.2, 0) is 11.2 Å². The van der Waals surface area contributed by atoms with Crippen LogP contribution in [0, 0.1) is 11.6 Å². The molecular weight excluding hydrogens is 250 g/mol. The molecule has 0 saturated carbocycles. The summed E-state index contributed by atoms with van der Waals surface area (Å²) in [5, 5.41) is 0. The summed E-state index contributed by atoms with van der Waals surface area (Å²) in [6.07, 6.45) is 1.23. The Labute approximate surface area is 112 Å². The smallest absolute Gasteiger partial charge is 0.149 e. The van der Waals surface area contributed by atoms with Gasteiger partial charge in [-0.3, -0.25) is 0 Å². The van der Waals surface area contributed by atoms with Crippen molar-refractivity contribution >= 4 is 5.69 Å². The van der Waals surface area contributed by atoms with Gasteiger partial charge < -0.3 is 15.4 Å². The Bertz CT molecular complexity index is 430. The van der Waals surface area contributed by atoms with Crippen LogP contribution in [0.15, 0.2) is 12.1 Å². The van der Waals surface area contributed by atoms with E-state index in [9.17, 15) is 8.78 Å². The van der Waals surface area contributed by atoms with Crippen LogP contribution in [0.4, 0.5) is 14.5 Å². The molecule has 19 heavy (non-hydrogen) atoms. The van der Waals surface area contributed by atoms with Crippen molar-refractivity contribution in [2.45, 2.75) is 31.9 Å². The second-order valence-electron chi connectivity index (χ2n) is 4.99. The van der Waals surface area contributed by atoms with Gasteiger partial charge in [-0.25, -0.2) is 8.78 Å². The summed E-state index contributed by atoms with van der Waals surface area (Å²) in [6, 6.07) is 2.73. The molecule has 0 radical (unpaired) electrons. The fraction of sp³-hybridized carbons (Fsp3) is 0.571. The number of benzene rings is 1. The van der Waals surface area contributed by atoms with E-state index in [0.29, 0.717) is 25.1 Å². The lowest BCUT2D eigenvalue weighted by atomic mass is 10.1. The van der Waals surface area contributed by atoms with E-state index in [4.69, 9.17) is 10.5 Å². The molecule has 2 rings (SSSR count). The summed E-state index contributed by atoms with van der Waals surface area (Å²) < 4.78 is 33.7. The third kappa shape index (κ3) is 2.87. The summed E-state index contributed by atoms with van der Waals surface area (Å²) in [5.74, 6) is -1.07. The maximum absolute atomic E-state index is 14.1. The Hall–Kier alpha value is -1.20. The standard InChI is InChI=1S/C14H20F2N2O/c1-9-13(4-6-19-9)18(2)14-11(15)7-10(3-5-17)8-12(14)16/h7-9,13H,3-6,17H2,1-2H3. The summed E-state index contributed by atoms with van der Waals surface area (Å²) in [4.78, 5) is 1.65. The molecule has 1 heterocycles. The lowest BCUT2D eigenvalue weighted by molar-refractivity contribution is 0.118. The monoisotopic (exact) mass is 270 g/mol. The highest BCUT2D eigenvalue weighted by atomic mass is 19.1. The van der Waals surface area contributed by atoms with Crippen molar-refractivity contribution in [3.63, 3.8) is 0 Å². The maximum Gasteiger partial charge on any atom is 0.149 e. The normalized spacial score (nSPS) is 22.8. The van der Waals surface area contributed by atoms with Gasteiger partial charge in [0.25, 0.3) is 0 Å². The van der Waals surface area contributed by atoms with Gasteiger partial charge in [0.2, 0.25) is 0 Å². The minimum Gasteiger partial charge on any atom is -0.376 e. The Morgan fingerprint density at radius 1 is 1.37 bits per heavy atom. The number of nitrogens with zero attached hydrogens (tertiary/aromatic N) is 1.